The van der Waals surface area contributed by atoms with E-state index in [1.165, 1.54) is 7.05 Å². The molecule has 2 N–H and O–H groups in total. The third-order valence-corrected chi connectivity index (χ3v) is 3.00. The number of nitrogens with one attached hydrogen (secondary N) is 1. The summed E-state index contributed by atoms with van der Waals surface area (Å²) in [7, 11) is 1.38. The summed E-state index contributed by atoms with van der Waals surface area (Å²) >= 11 is 0. The lowest BCUT2D eigenvalue weighted by Crippen LogP contribution is -2.49. The summed E-state index contributed by atoms with van der Waals surface area (Å²) in [6.45, 7) is 7.09. The van der Waals surface area contributed by atoms with Crippen LogP contribution >= 0.6 is 0 Å². The van der Waals surface area contributed by atoms with Crippen LogP contribution in [0.4, 0.5) is 4.79 Å². The monoisotopic (exact) mass is 331 g/mol. The van der Waals surface area contributed by atoms with E-state index in [0.717, 1.165) is 24.3 Å². The van der Waals surface area contributed by atoms with E-state index < -0.39 is 23.5 Å². The number of hydrazine groups is 1. The summed E-state index contributed by atoms with van der Waals surface area (Å²) in [5.74, 6) is -1.06. The molecule has 0 heterocycles. The fourth-order valence-corrected chi connectivity index (χ4v) is 1.85. The van der Waals surface area contributed by atoms with Crippen LogP contribution in [0.1, 0.15) is 53.4 Å². The van der Waals surface area contributed by atoms with Crippen LogP contribution in [0.2, 0.25) is 0 Å². The van der Waals surface area contributed by atoms with Crippen molar-refractivity contribution < 1.29 is 24.3 Å². The Morgan fingerprint density at radius 3 is 2.39 bits per heavy atom. The van der Waals surface area contributed by atoms with Crippen LogP contribution in [0.25, 0.3) is 0 Å². The van der Waals surface area contributed by atoms with E-state index in [-0.39, 0.29) is 13.0 Å². The van der Waals surface area contributed by atoms with E-state index in [9.17, 15) is 19.6 Å². The molecule has 0 aliphatic carbocycles. The molecule has 23 heavy (non-hydrogen) atoms. The minimum atomic E-state index is -0.686. The minimum Gasteiger partial charge on any atom is -0.442 e. The van der Waals surface area contributed by atoms with E-state index in [1.807, 2.05) is 6.92 Å². The molecule has 0 radical (unpaired) electrons. The van der Waals surface area contributed by atoms with Crippen molar-refractivity contribution >= 4 is 18.4 Å². The number of rotatable bonds is 8. The van der Waals surface area contributed by atoms with Gasteiger partial charge in [0.05, 0.1) is 12.5 Å². The smallest absolute Gasteiger partial charge is 0.428 e. The molecular weight excluding hydrogens is 302 g/mol. The fraction of sp³-hybridized carbons (Fsp3) is 0.800. The second kappa shape index (κ2) is 10.0. The van der Waals surface area contributed by atoms with Gasteiger partial charge in [-0.15, -0.1) is 0 Å². The van der Waals surface area contributed by atoms with E-state index >= 15 is 0 Å². The molecule has 0 bridgehead atoms. The Morgan fingerprint density at radius 1 is 1.30 bits per heavy atom. The van der Waals surface area contributed by atoms with Crippen molar-refractivity contribution in [2.75, 3.05) is 13.6 Å². The van der Waals surface area contributed by atoms with Gasteiger partial charge in [0.1, 0.15) is 5.60 Å². The van der Waals surface area contributed by atoms with Crippen LogP contribution in [0.15, 0.2) is 0 Å². The molecule has 0 rings (SSSR count). The van der Waals surface area contributed by atoms with E-state index in [1.54, 1.807) is 20.8 Å². The summed E-state index contributed by atoms with van der Waals surface area (Å²) in [4.78, 5) is 34.6. The van der Waals surface area contributed by atoms with Crippen molar-refractivity contribution in [3.05, 3.63) is 0 Å². The van der Waals surface area contributed by atoms with Crippen molar-refractivity contribution in [1.82, 2.24) is 15.5 Å². The first-order valence-electron chi connectivity index (χ1n) is 7.78. The largest absolute Gasteiger partial charge is 0.442 e. The zero-order valence-electron chi connectivity index (χ0n) is 14.7. The molecule has 3 amide bonds. The first-order chi connectivity index (χ1) is 10.6. The molecule has 0 fully saturated rings. The van der Waals surface area contributed by atoms with Gasteiger partial charge in [0.15, 0.2) is 0 Å². The normalized spacial score (nSPS) is 12.3. The number of nitrogens with zero attached hydrogens (tertiary/aromatic N) is 2. The Bertz CT molecular complexity index is 395. The van der Waals surface area contributed by atoms with E-state index in [4.69, 9.17) is 4.74 Å². The number of amides is 3. The number of unbranched alkanes of at least 4 members (excludes halogenated alkanes) is 2. The van der Waals surface area contributed by atoms with Gasteiger partial charge in [-0.3, -0.25) is 20.2 Å². The highest BCUT2D eigenvalue weighted by molar-refractivity contribution is 5.81. The highest BCUT2D eigenvalue weighted by Crippen LogP contribution is 2.12. The van der Waals surface area contributed by atoms with Gasteiger partial charge < -0.3 is 4.74 Å². The fourth-order valence-electron chi connectivity index (χ4n) is 1.85. The second-order valence-electron chi connectivity index (χ2n) is 6.44. The van der Waals surface area contributed by atoms with Crippen LogP contribution in [0, 0.1) is 5.92 Å². The van der Waals surface area contributed by atoms with Gasteiger partial charge >= 0.3 is 6.09 Å². The number of carbonyl (C=O) groups is 3. The molecule has 1 unspecified atom stereocenters. The molecule has 134 valence electrons. The van der Waals surface area contributed by atoms with Crippen molar-refractivity contribution in [2.24, 2.45) is 5.92 Å². The Hall–Kier alpha value is -1.83. The second-order valence-corrected chi connectivity index (χ2v) is 6.44. The molecule has 8 heteroatoms. The standard InChI is InChI=1S/C15H29N3O5/c1-6-7-8-9-12(10-18(22)11-19)13(20)16-17(5)14(21)23-15(2,3)4/h11-12,22H,6-10H2,1-5H3,(H,16,20). The predicted molar refractivity (Wildman–Crippen MR) is 84.3 cm³/mol. The van der Waals surface area contributed by atoms with Crippen molar-refractivity contribution in [3.63, 3.8) is 0 Å². The van der Waals surface area contributed by atoms with Crippen molar-refractivity contribution in [1.29, 1.82) is 0 Å². The molecule has 0 aromatic rings. The lowest BCUT2D eigenvalue weighted by Gasteiger charge is -2.26. The Morgan fingerprint density at radius 2 is 1.91 bits per heavy atom. The van der Waals surface area contributed by atoms with Crippen LogP contribution < -0.4 is 5.43 Å². The van der Waals surface area contributed by atoms with Gasteiger partial charge in [-0.25, -0.2) is 14.9 Å². The highest BCUT2D eigenvalue weighted by Gasteiger charge is 2.25. The topological polar surface area (TPSA) is 99.2 Å². The van der Waals surface area contributed by atoms with Crippen LogP contribution in [0.3, 0.4) is 0 Å². The van der Waals surface area contributed by atoms with Crippen LogP contribution in [-0.2, 0) is 14.3 Å². The first kappa shape index (κ1) is 21.2. The van der Waals surface area contributed by atoms with E-state index in [2.05, 4.69) is 5.43 Å². The molecule has 0 aliphatic heterocycles. The van der Waals surface area contributed by atoms with Crippen molar-refractivity contribution in [3.8, 4) is 0 Å². The number of carbonyl (C=O) groups excluding carboxylic acids is 3. The SMILES string of the molecule is CCCCCC(CN(O)C=O)C(=O)NN(C)C(=O)OC(C)(C)C. The molecule has 0 saturated heterocycles. The van der Waals surface area contributed by atoms with E-state index in [0.29, 0.717) is 11.5 Å². The summed E-state index contributed by atoms with van der Waals surface area (Å²) in [6.07, 6.45) is 2.79. The molecule has 8 nitrogen and oxygen atoms in total. The maximum absolute atomic E-state index is 12.3. The molecule has 0 saturated carbocycles. The zero-order valence-corrected chi connectivity index (χ0v) is 14.7. The Balaban J connectivity index is 4.66. The number of hydrogen-bond donors (Lipinski definition) is 2. The number of hydroxylamine groups is 2. The number of ether oxygens (including phenoxy) is 1. The van der Waals surface area contributed by atoms with Gasteiger partial charge in [0, 0.05) is 7.05 Å². The molecular formula is C15H29N3O5. The predicted octanol–water partition coefficient (Wildman–Crippen LogP) is 1.93. The molecule has 0 aromatic carbocycles. The van der Waals surface area contributed by atoms with Gasteiger partial charge in [-0.2, -0.15) is 0 Å². The molecule has 0 spiro atoms. The third kappa shape index (κ3) is 9.72. The number of hydrogen-bond acceptors (Lipinski definition) is 5. The molecule has 1 atom stereocenters. The molecule has 0 aromatic heterocycles. The van der Waals surface area contributed by atoms with Gasteiger partial charge in [0.25, 0.3) is 0 Å². The average molecular weight is 331 g/mol. The summed E-state index contributed by atoms with van der Waals surface area (Å²) < 4.78 is 5.14. The molecule has 0 aliphatic rings. The average Bonchev–Trinajstić information content (AvgIpc) is 2.44. The lowest BCUT2D eigenvalue weighted by molar-refractivity contribution is -0.155. The van der Waals surface area contributed by atoms with Gasteiger partial charge in [-0.1, -0.05) is 26.2 Å². The summed E-state index contributed by atoms with van der Waals surface area (Å²) in [5.41, 5.74) is 1.75. The van der Waals surface area contributed by atoms with Gasteiger partial charge in [0.2, 0.25) is 12.3 Å². The Kier molecular flexibility index (Phi) is 9.24. The summed E-state index contributed by atoms with van der Waals surface area (Å²) in [6, 6.07) is 0. The Labute approximate surface area is 137 Å². The lowest BCUT2D eigenvalue weighted by atomic mass is 10.0. The van der Waals surface area contributed by atoms with Crippen LogP contribution in [0.5, 0.6) is 0 Å². The van der Waals surface area contributed by atoms with Crippen molar-refractivity contribution in [2.45, 2.75) is 59.0 Å². The highest BCUT2D eigenvalue weighted by atomic mass is 16.6. The van der Waals surface area contributed by atoms with Crippen LogP contribution in [-0.4, -0.2) is 52.9 Å². The summed E-state index contributed by atoms with van der Waals surface area (Å²) in [5, 5.41) is 10.7. The third-order valence-electron chi connectivity index (χ3n) is 3.00. The maximum atomic E-state index is 12.3. The minimum absolute atomic E-state index is 0.124. The quantitative estimate of drug-likeness (QED) is 0.306. The first-order valence-corrected chi connectivity index (χ1v) is 7.78. The van der Waals surface area contributed by atoms with Gasteiger partial charge in [-0.05, 0) is 27.2 Å². The maximum Gasteiger partial charge on any atom is 0.428 e. The zero-order chi connectivity index (χ0) is 18.0.